The number of carbonyl (C=O) groups excluding carboxylic acids is 1. The second kappa shape index (κ2) is 8.06. The number of nitrogens with one attached hydrogen (secondary N) is 1. The van der Waals surface area contributed by atoms with Crippen molar-refractivity contribution in [3.8, 4) is 0 Å². The fourth-order valence-electron chi connectivity index (χ4n) is 2.89. The largest absolute Gasteiger partial charge is 0.326 e. The Kier molecular flexibility index (Phi) is 5.59. The van der Waals surface area contributed by atoms with Gasteiger partial charge in [-0.1, -0.05) is 38.5 Å². The van der Waals surface area contributed by atoms with Crippen LogP contribution in [0.3, 0.4) is 0 Å². The standard InChI is InChI=1S/C21H25N3O/c1-15(2)8-9-16-14-20(16)21(25)22-17-10-12-19(13-11-17)24-23-18-6-4-3-5-7-18/h3-7,10-13,15-16,20H,8-9,14H2,1-2H3,(H,22,25)/t16-,20+/m1/s1. The van der Waals surface area contributed by atoms with Gasteiger partial charge in [-0.25, -0.2) is 0 Å². The summed E-state index contributed by atoms with van der Waals surface area (Å²) in [6, 6.07) is 17.1. The third-order valence-corrected chi connectivity index (χ3v) is 4.55. The predicted molar refractivity (Wildman–Crippen MR) is 101 cm³/mol. The highest BCUT2D eigenvalue weighted by Gasteiger charge is 2.42. The van der Waals surface area contributed by atoms with E-state index in [0.29, 0.717) is 11.8 Å². The Bertz CT molecular complexity index is 723. The maximum atomic E-state index is 12.3. The molecule has 0 aliphatic heterocycles. The molecule has 1 fully saturated rings. The zero-order valence-corrected chi connectivity index (χ0v) is 14.9. The normalized spacial score (nSPS) is 19.3. The molecule has 0 saturated heterocycles. The van der Waals surface area contributed by atoms with Crippen molar-refractivity contribution in [3.05, 3.63) is 54.6 Å². The Morgan fingerprint density at radius 1 is 1.04 bits per heavy atom. The molecule has 0 radical (unpaired) electrons. The van der Waals surface area contributed by atoms with Crippen LogP contribution in [0.25, 0.3) is 0 Å². The van der Waals surface area contributed by atoms with Gasteiger partial charge in [0.15, 0.2) is 0 Å². The molecule has 2 aromatic rings. The first-order valence-corrected chi connectivity index (χ1v) is 8.99. The minimum atomic E-state index is 0.146. The molecule has 25 heavy (non-hydrogen) atoms. The summed E-state index contributed by atoms with van der Waals surface area (Å²) in [5.41, 5.74) is 2.40. The third-order valence-electron chi connectivity index (χ3n) is 4.55. The molecule has 130 valence electrons. The summed E-state index contributed by atoms with van der Waals surface area (Å²) in [6.45, 7) is 4.46. The molecule has 1 aliphatic rings. The molecule has 0 unspecified atom stereocenters. The van der Waals surface area contributed by atoms with Gasteiger partial charge in [0.2, 0.25) is 5.91 Å². The zero-order valence-electron chi connectivity index (χ0n) is 14.9. The monoisotopic (exact) mass is 335 g/mol. The van der Waals surface area contributed by atoms with Gasteiger partial charge in [-0.15, -0.1) is 0 Å². The van der Waals surface area contributed by atoms with Crippen LogP contribution in [-0.4, -0.2) is 5.91 Å². The quantitative estimate of drug-likeness (QED) is 0.609. The van der Waals surface area contributed by atoms with Gasteiger partial charge in [0.05, 0.1) is 11.4 Å². The van der Waals surface area contributed by atoms with Gasteiger partial charge < -0.3 is 5.32 Å². The number of anilines is 1. The first kappa shape index (κ1) is 17.3. The number of amides is 1. The van der Waals surface area contributed by atoms with E-state index in [9.17, 15) is 4.79 Å². The molecule has 4 nitrogen and oxygen atoms in total. The molecule has 1 amide bonds. The van der Waals surface area contributed by atoms with Crippen LogP contribution in [-0.2, 0) is 4.79 Å². The first-order valence-electron chi connectivity index (χ1n) is 8.99. The van der Waals surface area contributed by atoms with Gasteiger partial charge in [-0.05, 0) is 61.1 Å². The molecule has 0 heterocycles. The second-order valence-corrected chi connectivity index (χ2v) is 7.15. The van der Waals surface area contributed by atoms with Crippen molar-refractivity contribution in [1.29, 1.82) is 0 Å². The summed E-state index contributed by atoms with van der Waals surface area (Å²) in [5, 5.41) is 11.4. The van der Waals surface area contributed by atoms with E-state index >= 15 is 0 Å². The van der Waals surface area contributed by atoms with Gasteiger partial charge in [-0.2, -0.15) is 10.2 Å². The maximum Gasteiger partial charge on any atom is 0.227 e. The molecule has 1 saturated carbocycles. The highest BCUT2D eigenvalue weighted by Crippen LogP contribution is 2.43. The summed E-state index contributed by atoms with van der Waals surface area (Å²) >= 11 is 0. The Balaban J connectivity index is 1.50. The smallest absolute Gasteiger partial charge is 0.227 e. The molecule has 3 rings (SSSR count). The maximum absolute atomic E-state index is 12.3. The summed E-state index contributed by atoms with van der Waals surface area (Å²) in [5.74, 6) is 1.62. The van der Waals surface area contributed by atoms with Crippen LogP contribution in [0.5, 0.6) is 0 Å². The number of carbonyl (C=O) groups is 1. The summed E-state index contributed by atoms with van der Waals surface area (Å²) < 4.78 is 0. The van der Waals surface area contributed by atoms with Crippen molar-refractivity contribution in [2.24, 2.45) is 28.0 Å². The van der Waals surface area contributed by atoms with E-state index in [-0.39, 0.29) is 11.8 Å². The summed E-state index contributed by atoms with van der Waals surface area (Å²) in [4.78, 5) is 12.3. The molecule has 0 spiro atoms. The second-order valence-electron chi connectivity index (χ2n) is 7.15. The van der Waals surface area contributed by atoms with E-state index in [0.717, 1.165) is 29.9 Å². The van der Waals surface area contributed by atoms with Crippen LogP contribution >= 0.6 is 0 Å². The number of hydrogen-bond donors (Lipinski definition) is 1. The SMILES string of the molecule is CC(C)CC[C@@H]1C[C@@H]1C(=O)Nc1ccc(N=Nc2ccccc2)cc1. The van der Waals surface area contributed by atoms with E-state index in [1.54, 1.807) is 0 Å². The topological polar surface area (TPSA) is 53.8 Å². The average Bonchev–Trinajstić information content (AvgIpc) is 3.40. The van der Waals surface area contributed by atoms with E-state index in [2.05, 4.69) is 29.4 Å². The van der Waals surface area contributed by atoms with Crippen LogP contribution < -0.4 is 5.32 Å². The van der Waals surface area contributed by atoms with Crippen LogP contribution in [0, 0.1) is 17.8 Å². The lowest BCUT2D eigenvalue weighted by atomic mass is 10.0. The van der Waals surface area contributed by atoms with Crippen molar-refractivity contribution in [2.75, 3.05) is 5.32 Å². The third kappa shape index (κ3) is 5.24. The Hall–Kier alpha value is -2.49. The van der Waals surface area contributed by atoms with Crippen molar-refractivity contribution in [1.82, 2.24) is 0 Å². The van der Waals surface area contributed by atoms with Crippen molar-refractivity contribution >= 4 is 23.0 Å². The zero-order chi connectivity index (χ0) is 17.6. The molecule has 4 heteroatoms. The lowest BCUT2D eigenvalue weighted by Crippen LogP contribution is -2.14. The lowest BCUT2D eigenvalue weighted by Gasteiger charge is -2.06. The number of nitrogens with zero attached hydrogens (tertiary/aromatic N) is 2. The fraction of sp³-hybridized carbons (Fsp3) is 0.381. The van der Waals surface area contributed by atoms with Crippen LogP contribution in [0.1, 0.15) is 33.1 Å². The molecule has 2 atom stereocenters. The molecule has 1 N–H and O–H groups in total. The Morgan fingerprint density at radius 3 is 2.32 bits per heavy atom. The van der Waals surface area contributed by atoms with Gasteiger partial charge in [-0.3, -0.25) is 4.79 Å². The molecule has 0 aromatic heterocycles. The number of benzene rings is 2. The van der Waals surface area contributed by atoms with E-state index < -0.39 is 0 Å². The number of azo groups is 1. The van der Waals surface area contributed by atoms with Crippen molar-refractivity contribution < 1.29 is 4.79 Å². The first-order chi connectivity index (χ1) is 12.1. The van der Waals surface area contributed by atoms with Gasteiger partial charge in [0, 0.05) is 11.6 Å². The highest BCUT2D eigenvalue weighted by molar-refractivity contribution is 5.94. The highest BCUT2D eigenvalue weighted by atomic mass is 16.2. The van der Waals surface area contributed by atoms with Gasteiger partial charge >= 0.3 is 0 Å². The number of rotatable bonds is 7. The summed E-state index contributed by atoms with van der Waals surface area (Å²) in [7, 11) is 0. The Labute approximate surface area is 149 Å². The minimum absolute atomic E-state index is 0.146. The van der Waals surface area contributed by atoms with Crippen molar-refractivity contribution in [2.45, 2.75) is 33.1 Å². The number of hydrogen-bond acceptors (Lipinski definition) is 3. The van der Waals surface area contributed by atoms with Crippen LogP contribution in [0.15, 0.2) is 64.8 Å². The van der Waals surface area contributed by atoms with Crippen LogP contribution in [0.4, 0.5) is 17.1 Å². The minimum Gasteiger partial charge on any atom is -0.326 e. The fourth-order valence-corrected chi connectivity index (χ4v) is 2.89. The van der Waals surface area contributed by atoms with Gasteiger partial charge in [0.25, 0.3) is 0 Å². The molecule has 1 aliphatic carbocycles. The molecular formula is C21H25N3O. The summed E-state index contributed by atoms with van der Waals surface area (Å²) in [6.07, 6.45) is 3.39. The average molecular weight is 335 g/mol. The van der Waals surface area contributed by atoms with Crippen LogP contribution in [0.2, 0.25) is 0 Å². The molecule has 0 bridgehead atoms. The van der Waals surface area contributed by atoms with E-state index in [1.807, 2.05) is 54.6 Å². The van der Waals surface area contributed by atoms with E-state index in [4.69, 9.17) is 0 Å². The lowest BCUT2D eigenvalue weighted by molar-refractivity contribution is -0.117. The van der Waals surface area contributed by atoms with Crippen molar-refractivity contribution in [3.63, 3.8) is 0 Å². The Morgan fingerprint density at radius 2 is 1.68 bits per heavy atom. The molecular weight excluding hydrogens is 310 g/mol. The van der Waals surface area contributed by atoms with Gasteiger partial charge in [0.1, 0.15) is 0 Å². The predicted octanol–water partition coefficient (Wildman–Crippen LogP) is 6.11. The molecule has 2 aromatic carbocycles. The van der Waals surface area contributed by atoms with E-state index in [1.165, 1.54) is 6.42 Å².